The summed E-state index contributed by atoms with van der Waals surface area (Å²) in [6, 6.07) is 6.82. The Morgan fingerprint density at radius 1 is 1.28 bits per heavy atom. The van der Waals surface area contributed by atoms with Gasteiger partial charge in [0.1, 0.15) is 11.5 Å². The summed E-state index contributed by atoms with van der Waals surface area (Å²) in [5, 5.41) is -0.0795. The van der Waals surface area contributed by atoms with Crippen LogP contribution >= 0.6 is 11.6 Å². The van der Waals surface area contributed by atoms with Crippen LogP contribution in [-0.2, 0) is 26.2 Å². The minimum absolute atomic E-state index is 0.00934. The van der Waals surface area contributed by atoms with Crippen LogP contribution in [0.3, 0.4) is 0 Å². The Morgan fingerprint density at radius 2 is 2.00 bits per heavy atom. The van der Waals surface area contributed by atoms with Crippen LogP contribution in [-0.4, -0.2) is 57.1 Å². The molecule has 9 nitrogen and oxygen atoms in total. The van der Waals surface area contributed by atoms with E-state index >= 15 is 0 Å². The summed E-state index contributed by atoms with van der Waals surface area (Å²) in [4.78, 5) is 31.2. The van der Waals surface area contributed by atoms with E-state index < -0.39 is 27.7 Å². The molecule has 1 atom stereocenters. The Kier molecular flexibility index (Phi) is 6.89. The average Bonchev–Trinajstić information content (AvgIpc) is 3.10. The van der Waals surface area contributed by atoms with E-state index in [2.05, 4.69) is 4.98 Å². The number of ether oxygens (including phenoxy) is 2. The van der Waals surface area contributed by atoms with Crippen molar-refractivity contribution in [3.05, 3.63) is 46.7 Å². The number of rotatable bonds is 7. The first kappa shape index (κ1) is 23.7. The molecular weight excluding hydrogens is 465 g/mol. The van der Waals surface area contributed by atoms with Crippen molar-refractivity contribution >= 4 is 39.1 Å². The summed E-state index contributed by atoms with van der Waals surface area (Å²) < 4.78 is 49.2. The first-order valence-corrected chi connectivity index (χ1v) is 11.6. The normalized spacial score (nSPS) is 16.2. The quantitative estimate of drug-likeness (QED) is 0.592. The number of nitrogens with zero attached hydrogens (tertiary/aromatic N) is 3. The van der Waals surface area contributed by atoms with E-state index in [-0.39, 0.29) is 47.9 Å². The lowest BCUT2D eigenvalue weighted by Crippen LogP contribution is -2.41. The number of halogens is 2. The fraction of sp³-hybridized carbons (Fsp3) is 0.350. The molecular formula is C20H21ClFN3O6S. The van der Waals surface area contributed by atoms with Crippen molar-refractivity contribution < 1.29 is 31.9 Å². The Hall–Kier alpha value is -2.92. The smallest absolute Gasteiger partial charge is 0.246 e. The van der Waals surface area contributed by atoms with Crippen molar-refractivity contribution in [1.29, 1.82) is 0 Å². The number of sulfonamides is 1. The maximum Gasteiger partial charge on any atom is 0.246 e. The Bertz CT molecular complexity index is 1160. The molecule has 1 aromatic heterocycles. The summed E-state index contributed by atoms with van der Waals surface area (Å²) in [6.07, 6.45) is 0.704. The van der Waals surface area contributed by atoms with Gasteiger partial charge in [-0.2, -0.15) is 4.98 Å². The molecule has 0 bridgehead atoms. The molecule has 32 heavy (non-hydrogen) atoms. The van der Waals surface area contributed by atoms with Gasteiger partial charge in [0.05, 0.1) is 31.4 Å². The minimum atomic E-state index is -4.08. The van der Waals surface area contributed by atoms with Crippen molar-refractivity contribution in [1.82, 2.24) is 9.88 Å². The van der Waals surface area contributed by atoms with Gasteiger partial charge < -0.3 is 14.4 Å². The fourth-order valence-electron chi connectivity index (χ4n) is 3.41. The molecule has 1 aromatic carbocycles. The average molecular weight is 486 g/mol. The Balaban J connectivity index is 1.87. The van der Waals surface area contributed by atoms with Gasteiger partial charge in [0.15, 0.2) is 0 Å². The van der Waals surface area contributed by atoms with Crippen molar-refractivity contribution in [2.75, 3.05) is 31.3 Å². The van der Waals surface area contributed by atoms with Crippen LogP contribution in [0.15, 0.2) is 30.3 Å². The van der Waals surface area contributed by atoms with E-state index in [0.29, 0.717) is 9.87 Å². The zero-order valence-corrected chi connectivity index (χ0v) is 19.1. The molecule has 1 aliphatic rings. The zero-order chi connectivity index (χ0) is 23.6. The number of methoxy groups -OCH3 is 2. The third-order valence-corrected chi connectivity index (χ3v) is 6.22. The second-order valence-corrected chi connectivity index (χ2v) is 9.41. The molecule has 0 spiro atoms. The highest BCUT2D eigenvalue weighted by Gasteiger charge is 2.40. The highest BCUT2D eigenvalue weighted by atomic mass is 35.5. The van der Waals surface area contributed by atoms with Gasteiger partial charge in [-0.05, 0) is 23.8 Å². The molecule has 3 rings (SSSR count). The van der Waals surface area contributed by atoms with Crippen LogP contribution < -0.4 is 13.8 Å². The molecule has 1 fully saturated rings. The SMILES string of the molecule is COc1ccc(N(C(=O)C2CC(=O)N(Cc3ccc(F)c(Cl)c3)C2)S(C)(=O)=O)c(OC)n1. The van der Waals surface area contributed by atoms with E-state index in [1.807, 2.05) is 0 Å². The maximum atomic E-state index is 13.4. The molecule has 172 valence electrons. The number of anilines is 1. The van der Waals surface area contributed by atoms with E-state index in [1.165, 1.54) is 49.5 Å². The number of likely N-dealkylation sites (tertiary alicyclic amines) is 1. The number of pyridine rings is 1. The number of hydrogen-bond acceptors (Lipinski definition) is 7. The first-order chi connectivity index (χ1) is 15.0. The molecule has 1 unspecified atom stereocenters. The summed E-state index contributed by atoms with van der Waals surface area (Å²) in [5.74, 6) is -2.57. The molecule has 12 heteroatoms. The van der Waals surface area contributed by atoms with Crippen molar-refractivity contribution in [3.63, 3.8) is 0 Å². The summed E-state index contributed by atoms with van der Waals surface area (Å²) in [6.45, 7) is 0.0967. The van der Waals surface area contributed by atoms with Crippen molar-refractivity contribution in [2.24, 2.45) is 5.92 Å². The van der Waals surface area contributed by atoms with Crippen LogP contribution in [0.25, 0.3) is 0 Å². The number of hydrogen-bond donors (Lipinski definition) is 0. The van der Waals surface area contributed by atoms with E-state index in [4.69, 9.17) is 21.1 Å². The fourth-order valence-corrected chi connectivity index (χ4v) is 4.59. The standard InChI is InChI=1S/C20H21ClFN3O6S/c1-30-17-7-6-16(19(23-17)31-2)25(32(3,28)29)20(27)13-9-18(26)24(11-13)10-12-4-5-15(22)14(21)8-12/h4-8,13H,9-11H2,1-3H3. The largest absolute Gasteiger partial charge is 0.481 e. The second kappa shape index (κ2) is 9.29. The van der Waals surface area contributed by atoms with E-state index in [1.54, 1.807) is 0 Å². The van der Waals surface area contributed by atoms with Gasteiger partial charge >= 0.3 is 0 Å². The highest BCUT2D eigenvalue weighted by molar-refractivity contribution is 7.92. The van der Waals surface area contributed by atoms with Crippen molar-refractivity contribution in [3.8, 4) is 11.8 Å². The van der Waals surface area contributed by atoms with E-state index in [9.17, 15) is 22.4 Å². The molecule has 1 saturated heterocycles. The Morgan fingerprint density at radius 3 is 2.59 bits per heavy atom. The first-order valence-electron chi connectivity index (χ1n) is 9.40. The van der Waals surface area contributed by atoms with Gasteiger partial charge in [0, 0.05) is 25.6 Å². The number of carbonyl (C=O) groups is 2. The lowest BCUT2D eigenvalue weighted by atomic mass is 10.1. The third-order valence-electron chi connectivity index (χ3n) is 4.89. The molecule has 0 N–H and O–H groups in total. The summed E-state index contributed by atoms with van der Waals surface area (Å²) >= 11 is 5.79. The van der Waals surface area contributed by atoms with Gasteiger partial charge in [0.25, 0.3) is 0 Å². The lowest BCUT2D eigenvalue weighted by molar-refractivity contribution is -0.128. The third kappa shape index (κ3) is 4.94. The molecule has 0 aliphatic carbocycles. The Labute approximate surface area is 189 Å². The predicted molar refractivity (Wildman–Crippen MR) is 115 cm³/mol. The van der Waals surface area contributed by atoms with Crippen LogP contribution in [0.5, 0.6) is 11.8 Å². The monoisotopic (exact) mass is 485 g/mol. The lowest BCUT2D eigenvalue weighted by Gasteiger charge is -2.24. The van der Waals surface area contributed by atoms with E-state index in [0.717, 1.165) is 6.26 Å². The van der Waals surface area contributed by atoms with Gasteiger partial charge in [0.2, 0.25) is 33.6 Å². The zero-order valence-electron chi connectivity index (χ0n) is 17.5. The van der Waals surface area contributed by atoms with Crippen LogP contribution in [0.1, 0.15) is 12.0 Å². The summed E-state index contributed by atoms with van der Waals surface area (Å²) in [5.41, 5.74) is 0.496. The van der Waals surface area contributed by atoms with Crippen LogP contribution in [0.2, 0.25) is 5.02 Å². The van der Waals surface area contributed by atoms with Crippen LogP contribution in [0.4, 0.5) is 10.1 Å². The summed E-state index contributed by atoms with van der Waals surface area (Å²) in [7, 11) is -1.41. The van der Waals surface area contributed by atoms with Crippen molar-refractivity contribution in [2.45, 2.75) is 13.0 Å². The topological polar surface area (TPSA) is 106 Å². The number of amides is 2. The minimum Gasteiger partial charge on any atom is -0.481 e. The predicted octanol–water partition coefficient (Wildman–Crippen LogP) is 2.23. The van der Waals surface area contributed by atoms with Gasteiger partial charge in [-0.25, -0.2) is 17.1 Å². The number of aromatic nitrogens is 1. The maximum absolute atomic E-state index is 13.4. The van der Waals surface area contributed by atoms with Gasteiger partial charge in [-0.3, -0.25) is 9.59 Å². The number of benzene rings is 1. The highest BCUT2D eigenvalue weighted by Crippen LogP contribution is 2.33. The number of carbonyl (C=O) groups excluding carboxylic acids is 2. The van der Waals surface area contributed by atoms with Gasteiger partial charge in [-0.1, -0.05) is 17.7 Å². The molecule has 2 heterocycles. The molecule has 2 aromatic rings. The second-order valence-electron chi connectivity index (χ2n) is 7.17. The molecule has 0 saturated carbocycles. The molecule has 2 amide bonds. The van der Waals surface area contributed by atoms with Gasteiger partial charge in [-0.15, -0.1) is 0 Å². The van der Waals surface area contributed by atoms with Crippen LogP contribution in [0, 0.1) is 11.7 Å². The molecule has 1 aliphatic heterocycles. The molecule has 0 radical (unpaired) electrons.